The highest BCUT2D eigenvalue weighted by Gasteiger charge is 2.18. The Kier molecular flexibility index (Phi) is 5.02. The van der Waals surface area contributed by atoms with Crippen molar-refractivity contribution in [3.8, 4) is 0 Å². The van der Waals surface area contributed by atoms with Crippen molar-refractivity contribution in [1.82, 2.24) is 14.9 Å². The molecule has 3 heterocycles. The van der Waals surface area contributed by atoms with Gasteiger partial charge in [-0.1, -0.05) is 13.8 Å². The van der Waals surface area contributed by atoms with E-state index in [1.54, 1.807) is 11.3 Å². The lowest BCUT2D eigenvalue weighted by atomic mass is 10.2. The minimum Gasteiger partial charge on any atom is -0.379 e. The minimum atomic E-state index is 0.522. The first-order chi connectivity index (χ1) is 10.5. The Labute approximate surface area is 140 Å². The summed E-state index contributed by atoms with van der Waals surface area (Å²) in [4.78, 5) is 14.6. The van der Waals surface area contributed by atoms with E-state index < -0.39 is 0 Å². The van der Waals surface area contributed by atoms with E-state index >= 15 is 0 Å². The van der Waals surface area contributed by atoms with E-state index in [0.717, 1.165) is 48.5 Å². The van der Waals surface area contributed by atoms with Crippen LogP contribution in [0.25, 0.3) is 10.2 Å². The van der Waals surface area contributed by atoms with E-state index in [1.807, 2.05) is 11.8 Å². The van der Waals surface area contributed by atoms with Gasteiger partial charge in [-0.2, -0.15) is 0 Å². The molecule has 3 rings (SSSR count). The molecule has 2 aromatic rings. The zero-order valence-corrected chi connectivity index (χ0v) is 15.3. The number of aryl methyl sites for hydroxylation is 2. The molecule has 0 unspecified atom stereocenters. The molecule has 0 aliphatic carbocycles. The smallest absolute Gasteiger partial charge is 0.145 e. The zero-order valence-electron chi connectivity index (χ0n) is 13.7. The van der Waals surface area contributed by atoms with Crippen molar-refractivity contribution >= 4 is 33.3 Å². The third kappa shape index (κ3) is 3.45. The molecule has 0 spiro atoms. The fourth-order valence-electron chi connectivity index (χ4n) is 2.59. The molecule has 1 aliphatic rings. The van der Waals surface area contributed by atoms with Crippen LogP contribution in [-0.4, -0.2) is 46.4 Å². The molecule has 0 aromatic carbocycles. The van der Waals surface area contributed by atoms with Gasteiger partial charge in [0.05, 0.1) is 19.8 Å². The van der Waals surface area contributed by atoms with Gasteiger partial charge in [0.1, 0.15) is 15.7 Å². The van der Waals surface area contributed by atoms with Crippen LogP contribution in [0.15, 0.2) is 5.03 Å². The molecular weight excluding hydrogens is 314 g/mol. The first-order valence-electron chi connectivity index (χ1n) is 7.78. The summed E-state index contributed by atoms with van der Waals surface area (Å²) in [5.41, 5.74) is 1.33. The van der Waals surface area contributed by atoms with Crippen molar-refractivity contribution in [2.24, 2.45) is 0 Å². The lowest BCUT2D eigenvalue weighted by molar-refractivity contribution is 0.0330. The minimum absolute atomic E-state index is 0.522. The molecular formula is C16H23N3OS2. The molecule has 4 nitrogen and oxygen atoms in total. The monoisotopic (exact) mass is 337 g/mol. The normalized spacial score (nSPS) is 16.8. The summed E-state index contributed by atoms with van der Waals surface area (Å²) in [5.74, 6) is 0.943. The van der Waals surface area contributed by atoms with Gasteiger partial charge < -0.3 is 4.74 Å². The van der Waals surface area contributed by atoms with Crippen molar-refractivity contribution in [1.29, 1.82) is 0 Å². The maximum atomic E-state index is 5.42. The number of hydrogen-bond donors (Lipinski definition) is 0. The van der Waals surface area contributed by atoms with E-state index in [0.29, 0.717) is 5.25 Å². The van der Waals surface area contributed by atoms with E-state index in [1.165, 1.54) is 15.8 Å². The number of aromatic nitrogens is 2. The van der Waals surface area contributed by atoms with Gasteiger partial charge in [0.15, 0.2) is 0 Å². The van der Waals surface area contributed by atoms with Crippen LogP contribution in [0.2, 0.25) is 0 Å². The summed E-state index contributed by atoms with van der Waals surface area (Å²) in [6.07, 6.45) is 0. The van der Waals surface area contributed by atoms with Crippen LogP contribution in [-0.2, 0) is 11.3 Å². The summed E-state index contributed by atoms with van der Waals surface area (Å²) in [7, 11) is 0. The van der Waals surface area contributed by atoms with Gasteiger partial charge in [-0.15, -0.1) is 23.1 Å². The first kappa shape index (κ1) is 16.2. The van der Waals surface area contributed by atoms with Crippen molar-refractivity contribution < 1.29 is 4.74 Å². The molecule has 120 valence electrons. The van der Waals surface area contributed by atoms with Crippen LogP contribution >= 0.6 is 23.1 Å². The van der Waals surface area contributed by atoms with E-state index in [-0.39, 0.29) is 0 Å². The Morgan fingerprint density at radius 3 is 2.64 bits per heavy atom. The highest BCUT2D eigenvalue weighted by Crippen LogP contribution is 2.36. The second kappa shape index (κ2) is 6.83. The van der Waals surface area contributed by atoms with Gasteiger partial charge in [0.25, 0.3) is 0 Å². The topological polar surface area (TPSA) is 38.2 Å². The van der Waals surface area contributed by atoms with Gasteiger partial charge in [-0.05, 0) is 19.4 Å². The predicted molar refractivity (Wildman–Crippen MR) is 94.0 cm³/mol. The van der Waals surface area contributed by atoms with Crippen molar-refractivity contribution in [3.05, 3.63) is 16.3 Å². The number of morpholine rings is 1. The van der Waals surface area contributed by atoms with Crippen molar-refractivity contribution in [2.45, 2.75) is 44.5 Å². The molecule has 0 bridgehead atoms. The third-order valence-electron chi connectivity index (χ3n) is 3.86. The SMILES string of the molecule is Cc1sc2nc(CN3CCOCC3)nc(SC(C)C)c2c1C. The van der Waals surface area contributed by atoms with Crippen LogP contribution in [0.4, 0.5) is 0 Å². The Morgan fingerprint density at radius 1 is 1.23 bits per heavy atom. The predicted octanol–water partition coefficient (Wildman–Crippen LogP) is 3.64. The second-order valence-electron chi connectivity index (χ2n) is 5.96. The molecule has 1 saturated heterocycles. The number of thioether (sulfide) groups is 1. The Morgan fingerprint density at radius 2 is 1.95 bits per heavy atom. The average molecular weight is 338 g/mol. The zero-order chi connectivity index (χ0) is 15.7. The van der Waals surface area contributed by atoms with Crippen molar-refractivity contribution in [3.63, 3.8) is 0 Å². The van der Waals surface area contributed by atoms with Gasteiger partial charge >= 0.3 is 0 Å². The molecule has 0 atom stereocenters. The fourth-order valence-corrected chi connectivity index (χ4v) is 4.68. The van der Waals surface area contributed by atoms with Crippen LogP contribution in [0.5, 0.6) is 0 Å². The third-order valence-corrected chi connectivity index (χ3v) is 5.95. The van der Waals surface area contributed by atoms with Crippen molar-refractivity contribution in [2.75, 3.05) is 26.3 Å². The molecule has 1 aliphatic heterocycles. The Balaban J connectivity index is 1.96. The van der Waals surface area contributed by atoms with Gasteiger partial charge in [0, 0.05) is 28.6 Å². The summed E-state index contributed by atoms with van der Waals surface area (Å²) < 4.78 is 5.42. The fraction of sp³-hybridized carbons (Fsp3) is 0.625. The molecule has 1 fully saturated rings. The maximum Gasteiger partial charge on any atom is 0.145 e. The summed E-state index contributed by atoms with van der Waals surface area (Å²) in [5, 5.41) is 2.92. The number of nitrogens with zero attached hydrogens (tertiary/aromatic N) is 3. The number of rotatable bonds is 4. The van der Waals surface area contributed by atoms with E-state index in [4.69, 9.17) is 14.7 Å². The van der Waals surface area contributed by atoms with Crippen LogP contribution in [0, 0.1) is 13.8 Å². The Hall–Kier alpha value is -0.690. The number of thiophene rings is 1. The molecule has 0 radical (unpaired) electrons. The average Bonchev–Trinajstić information content (AvgIpc) is 2.74. The standard InChI is InChI=1S/C16H23N3OS2/c1-10(2)21-15-14-11(3)12(4)22-16(14)18-13(17-15)9-19-5-7-20-8-6-19/h10H,5-9H2,1-4H3. The summed E-state index contributed by atoms with van der Waals surface area (Å²) in [6, 6.07) is 0. The number of ether oxygens (including phenoxy) is 1. The second-order valence-corrected chi connectivity index (χ2v) is 8.73. The number of hydrogen-bond acceptors (Lipinski definition) is 6. The highest BCUT2D eigenvalue weighted by molar-refractivity contribution is 8.00. The molecule has 0 amide bonds. The van der Waals surface area contributed by atoms with E-state index in [9.17, 15) is 0 Å². The largest absolute Gasteiger partial charge is 0.379 e. The Bertz CT molecular complexity index is 663. The first-order valence-corrected chi connectivity index (χ1v) is 9.47. The lowest BCUT2D eigenvalue weighted by Gasteiger charge is -2.25. The highest BCUT2D eigenvalue weighted by atomic mass is 32.2. The summed E-state index contributed by atoms with van der Waals surface area (Å²) in [6.45, 7) is 13.2. The molecule has 2 aromatic heterocycles. The van der Waals surface area contributed by atoms with Gasteiger partial charge in [-0.3, -0.25) is 4.90 Å². The summed E-state index contributed by atoms with van der Waals surface area (Å²) >= 11 is 3.63. The van der Waals surface area contributed by atoms with Gasteiger partial charge in [0.2, 0.25) is 0 Å². The van der Waals surface area contributed by atoms with Crippen LogP contribution in [0.3, 0.4) is 0 Å². The maximum absolute atomic E-state index is 5.42. The quantitative estimate of drug-likeness (QED) is 0.629. The van der Waals surface area contributed by atoms with E-state index in [2.05, 4.69) is 32.6 Å². The molecule has 0 saturated carbocycles. The van der Waals surface area contributed by atoms with Crippen LogP contribution < -0.4 is 0 Å². The molecule has 6 heteroatoms. The molecule has 22 heavy (non-hydrogen) atoms. The molecule has 0 N–H and O–H groups in total. The lowest BCUT2D eigenvalue weighted by Crippen LogP contribution is -2.36. The number of fused-ring (bicyclic) bond motifs is 1. The van der Waals surface area contributed by atoms with Gasteiger partial charge in [-0.25, -0.2) is 9.97 Å². The van der Waals surface area contributed by atoms with Crippen LogP contribution in [0.1, 0.15) is 30.1 Å².